The summed E-state index contributed by atoms with van der Waals surface area (Å²) in [5.41, 5.74) is 5.87. The minimum Gasteiger partial charge on any atom is -0.481 e. The lowest BCUT2D eigenvalue weighted by Crippen LogP contribution is -2.66. The molecule has 4 aliphatic heterocycles. The highest BCUT2D eigenvalue weighted by Crippen LogP contribution is 2.58. The minimum atomic E-state index is -0.671. The Kier molecular flexibility index (Phi) is 4.85. The molecule has 1 amide bonds. The van der Waals surface area contributed by atoms with Gasteiger partial charge < -0.3 is 15.3 Å². The Morgan fingerprint density at radius 1 is 1.21 bits per heavy atom. The summed E-state index contributed by atoms with van der Waals surface area (Å²) in [5.74, 6) is 0.627. The number of aliphatic imine (C=N–C) groups is 1. The van der Waals surface area contributed by atoms with Crippen molar-refractivity contribution in [3.8, 4) is 0 Å². The number of likely N-dealkylation sites (tertiary alicyclic amines) is 2. The van der Waals surface area contributed by atoms with E-state index in [-0.39, 0.29) is 17.9 Å². The van der Waals surface area contributed by atoms with E-state index in [1.54, 1.807) is 0 Å². The lowest BCUT2D eigenvalue weighted by molar-refractivity contribution is -0.155. The SMILES string of the molecule is CC1=CC(N2CCC(C)C2)=CN2NC(C(=O)NC3CC4(C3)CC(N3CC(C(=O)O)C3)C4)N=C12. The molecule has 1 spiro atoms. The smallest absolute Gasteiger partial charge is 0.309 e. The maximum absolute atomic E-state index is 12.9. The van der Waals surface area contributed by atoms with Gasteiger partial charge in [0, 0.05) is 44.5 Å². The number of amides is 1. The molecule has 6 rings (SSSR count). The van der Waals surface area contributed by atoms with Crippen LogP contribution in [0.4, 0.5) is 0 Å². The van der Waals surface area contributed by atoms with Gasteiger partial charge in [-0.3, -0.25) is 19.5 Å². The molecule has 9 nitrogen and oxygen atoms in total. The number of carbonyl (C=O) groups is 2. The van der Waals surface area contributed by atoms with Gasteiger partial charge >= 0.3 is 5.97 Å². The second-order valence-electron chi connectivity index (χ2n) is 11.2. The van der Waals surface area contributed by atoms with Crippen LogP contribution in [0.2, 0.25) is 0 Å². The van der Waals surface area contributed by atoms with Crippen molar-refractivity contribution in [3.05, 3.63) is 23.5 Å². The highest BCUT2D eigenvalue weighted by Gasteiger charge is 2.56. The molecule has 6 aliphatic rings. The zero-order chi connectivity index (χ0) is 22.9. The Morgan fingerprint density at radius 3 is 2.64 bits per heavy atom. The molecule has 2 unspecified atom stereocenters. The standard InChI is InChI=1S/C24H34N6O3/c1-14-3-4-28(10-14)18-5-15(2)21-26-20(27-30(21)13-18)22(31)25-17-6-24(7-17)8-19(9-24)29-11-16(12-29)23(32)33/h5,13-14,16-17,19-20,27H,3-4,6-12H2,1-2H3,(H,25,31)(H,32,33). The Labute approximate surface area is 194 Å². The molecule has 4 heterocycles. The van der Waals surface area contributed by atoms with E-state index >= 15 is 0 Å². The van der Waals surface area contributed by atoms with Crippen molar-refractivity contribution in [3.63, 3.8) is 0 Å². The predicted octanol–water partition coefficient (Wildman–Crippen LogP) is 1.12. The summed E-state index contributed by atoms with van der Waals surface area (Å²) in [4.78, 5) is 33.3. The van der Waals surface area contributed by atoms with Crippen LogP contribution in [0.5, 0.6) is 0 Å². The summed E-state index contributed by atoms with van der Waals surface area (Å²) in [5, 5.41) is 14.2. The van der Waals surface area contributed by atoms with Crippen molar-refractivity contribution in [2.75, 3.05) is 26.2 Å². The molecule has 2 aliphatic carbocycles. The molecule has 2 atom stereocenters. The summed E-state index contributed by atoms with van der Waals surface area (Å²) in [6, 6.07) is 0.750. The van der Waals surface area contributed by atoms with E-state index in [2.05, 4.69) is 51.7 Å². The number of hydrogen-bond acceptors (Lipinski definition) is 7. The summed E-state index contributed by atoms with van der Waals surface area (Å²) in [6.07, 6.45) is 9.18. The number of hydrazine groups is 1. The third kappa shape index (κ3) is 3.65. The van der Waals surface area contributed by atoms with E-state index in [0.717, 1.165) is 50.2 Å². The normalized spacial score (nSPS) is 38.1. The number of allylic oxidation sites excluding steroid dienone is 1. The first-order valence-electron chi connectivity index (χ1n) is 12.3. The number of rotatable bonds is 5. The van der Waals surface area contributed by atoms with Gasteiger partial charge in [-0.15, -0.1) is 0 Å². The van der Waals surface area contributed by atoms with Crippen molar-refractivity contribution in [1.29, 1.82) is 0 Å². The van der Waals surface area contributed by atoms with Crippen LogP contribution < -0.4 is 10.7 Å². The molecule has 33 heavy (non-hydrogen) atoms. The number of carboxylic acid groups (broad SMARTS) is 1. The van der Waals surface area contributed by atoms with Gasteiger partial charge in [-0.25, -0.2) is 4.99 Å². The average molecular weight is 455 g/mol. The van der Waals surface area contributed by atoms with Gasteiger partial charge in [-0.1, -0.05) is 6.92 Å². The molecule has 0 bridgehead atoms. The van der Waals surface area contributed by atoms with Gasteiger partial charge in [-0.05, 0) is 62.0 Å². The van der Waals surface area contributed by atoms with E-state index < -0.39 is 12.1 Å². The number of nitrogens with zero attached hydrogens (tertiary/aromatic N) is 4. The van der Waals surface area contributed by atoms with Crippen LogP contribution >= 0.6 is 0 Å². The summed E-state index contributed by atoms with van der Waals surface area (Å²) in [7, 11) is 0. The largest absolute Gasteiger partial charge is 0.481 e. The number of amidine groups is 1. The molecule has 0 aromatic rings. The lowest BCUT2D eigenvalue weighted by atomic mass is 9.51. The van der Waals surface area contributed by atoms with E-state index in [0.29, 0.717) is 30.5 Å². The lowest BCUT2D eigenvalue weighted by Gasteiger charge is -2.62. The first kappa shape index (κ1) is 21.2. The maximum Gasteiger partial charge on any atom is 0.309 e. The van der Waals surface area contributed by atoms with Crippen molar-refractivity contribution < 1.29 is 14.7 Å². The van der Waals surface area contributed by atoms with Gasteiger partial charge in [0.15, 0.2) is 6.17 Å². The van der Waals surface area contributed by atoms with E-state index in [9.17, 15) is 9.59 Å². The third-order valence-electron chi connectivity index (χ3n) is 8.57. The van der Waals surface area contributed by atoms with Crippen LogP contribution in [0.3, 0.4) is 0 Å². The maximum atomic E-state index is 12.9. The predicted molar refractivity (Wildman–Crippen MR) is 123 cm³/mol. The molecule has 9 heteroatoms. The molecule has 3 N–H and O–H groups in total. The number of nitrogens with one attached hydrogen (secondary N) is 2. The van der Waals surface area contributed by atoms with Crippen LogP contribution in [0, 0.1) is 17.3 Å². The molecular weight excluding hydrogens is 420 g/mol. The van der Waals surface area contributed by atoms with Crippen LogP contribution in [0.1, 0.15) is 46.0 Å². The zero-order valence-corrected chi connectivity index (χ0v) is 19.5. The summed E-state index contributed by atoms with van der Waals surface area (Å²) in [6.45, 7) is 7.88. The van der Waals surface area contributed by atoms with Gasteiger partial charge in [0.2, 0.25) is 0 Å². The fourth-order valence-electron chi connectivity index (χ4n) is 6.58. The summed E-state index contributed by atoms with van der Waals surface area (Å²) >= 11 is 0. The average Bonchev–Trinajstić information content (AvgIpc) is 3.29. The fourth-order valence-corrected chi connectivity index (χ4v) is 6.58. The second kappa shape index (κ2) is 7.56. The Morgan fingerprint density at radius 2 is 1.97 bits per heavy atom. The quantitative estimate of drug-likeness (QED) is 0.572. The van der Waals surface area contributed by atoms with Crippen LogP contribution in [0.15, 0.2) is 28.5 Å². The second-order valence-corrected chi connectivity index (χ2v) is 11.2. The van der Waals surface area contributed by atoms with Crippen LogP contribution in [-0.4, -0.2) is 82.1 Å². The molecule has 178 valence electrons. The van der Waals surface area contributed by atoms with Crippen molar-refractivity contribution in [1.82, 2.24) is 25.6 Å². The molecule has 4 fully saturated rings. The van der Waals surface area contributed by atoms with Gasteiger partial charge in [0.1, 0.15) is 5.84 Å². The van der Waals surface area contributed by atoms with Crippen molar-refractivity contribution in [2.45, 2.75) is 64.2 Å². The first-order chi connectivity index (χ1) is 15.8. The van der Waals surface area contributed by atoms with Crippen molar-refractivity contribution >= 4 is 17.7 Å². The van der Waals surface area contributed by atoms with Gasteiger partial charge in [0.05, 0.1) is 11.6 Å². The van der Waals surface area contributed by atoms with E-state index in [4.69, 9.17) is 5.11 Å². The number of fused-ring (bicyclic) bond motifs is 1. The van der Waals surface area contributed by atoms with Gasteiger partial charge in [0.25, 0.3) is 5.91 Å². The van der Waals surface area contributed by atoms with E-state index in [1.807, 2.05) is 5.01 Å². The number of carbonyl (C=O) groups excluding carboxylic acids is 1. The fraction of sp³-hybridized carbons (Fsp3) is 0.708. The minimum absolute atomic E-state index is 0.0581. The van der Waals surface area contributed by atoms with Crippen LogP contribution in [-0.2, 0) is 9.59 Å². The Balaban J connectivity index is 0.980. The molecule has 0 aromatic heterocycles. The number of carboxylic acids is 1. The molecule has 2 saturated heterocycles. The zero-order valence-electron chi connectivity index (χ0n) is 19.5. The Hall–Kier alpha value is -2.39. The molecule has 2 saturated carbocycles. The van der Waals surface area contributed by atoms with Crippen molar-refractivity contribution in [2.24, 2.45) is 22.2 Å². The van der Waals surface area contributed by atoms with Gasteiger partial charge in [-0.2, -0.15) is 5.43 Å². The molecular formula is C24H34N6O3. The first-order valence-corrected chi connectivity index (χ1v) is 12.3. The molecule has 0 aromatic carbocycles. The third-order valence-corrected chi connectivity index (χ3v) is 8.57. The molecule has 0 radical (unpaired) electrons. The topological polar surface area (TPSA) is 101 Å². The number of aliphatic carboxylic acids is 1. The highest BCUT2D eigenvalue weighted by molar-refractivity contribution is 6.03. The highest BCUT2D eigenvalue weighted by atomic mass is 16.4. The number of hydrogen-bond donors (Lipinski definition) is 3. The Bertz CT molecular complexity index is 953. The van der Waals surface area contributed by atoms with E-state index in [1.165, 1.54) is 12.1 Å². The van der Waals surface area contributed by atoms with Crippen LogP contribution in [0.25, 0.3) is 0 Å². The summed E-state index contributed by atoms with van der Waals surface area (Å²) < 4.78 is 0. The monoisotopic (exact) mass is 454 g/mol.